The monoisotopic (exact) mass is 356 g/mol. The van der Waals surface area contributed by atoms with Gasteiger partial charge in [-0.05, 0) is 36.2 Å². The summed E-state index contributed by atoms with van der Waals surface area (Å²) in [7, 11) is 0. The van der Waals surface area contributed by atoms with Crippen LogP contribution in [0, 0.1) is 11.7 Å². The van der Waals surface area contributed by atoms with Crippen molar-refractivity contribution in [2.45, 2.75) is 25.7 Å². The van der Waals surface area contributed by atoms with Crippen LogP contribution in [-0.2, 0) is 16.0 Å². The molecule has 0 unspecified atom stereocenters. The minimum Gasteiger partial charge on any atom is -0.481 e. The van der Waals surface area contributed by atoms with Crippen LogP contribution >= 0.6 is 0 Å². The molecule has 136 valence electrons. The Morgan fingerprint density at radius 1 is 1.00 bits per heavy atom. The second kappa shape index (κ2) is 7.79. The van der Waals surface area contributed by atoms with Gasteiger partial charge in [-0.25, -0.2) is 13.7 Å². The van der Waals surface area contributed by atoms with Crippen LogP contribution in [0.1, 0.15) is 24.8 Å². The number of para-hydroxylation sites is 1. The summed E-state index contributed by atoms with van der Waals surface area (Å²) in [5.41, 5.74) is 1.84. The molecule has 1 fully saturated rings. The molecule has 1 aliphatic rings. The third-order valence-corrected chi connectivity index (χ3v) is 5.34. The van der Waals surface area contributed by atoms with Crippen molar-refractivity contribution in [1.82, 2.24) is 4.48 Å². The molecule has 0 aliphatic carbocycles. The number of carboxylic acids is 1. The van der Waals surface area contributed by atoms with Gasteiger partial charge in [0.05, 0.1) is 25.4 Å². The van der Waals surface area contributed by atoms with E-state index in [9.17, 15) is 19.1 Å². The summed E-state index contributed by atoms with van der Waals surface area (Å²) in [6.45, 7) is 1.01. The number of carbonyl (C=O) groups is 2. The lowest BCUT2D eigenvalue weighted by molar-refractivity contribution is -0.145. The lowest BCUT2D eigenvalue weighted by Crippen LogP contribution is -2.59. The molecule has 4 nitrogen and oxygen atoms in total. The zero-order chi connectivity index (χ0) is 18.6. The Kier molecular flexibility index (Phi) is 5.47. The van der Waals surface area contributed by atoms with E-state index < -0.39 is 5.97 Å². The molecule has 5 heteroatoms. The molecule has 26 heavy (non-hydrogen) atoms. The Balaban J connectivity index is 1.78. The van der Waals surface area contributed by atoms with Gasteiger partial charge in [0.25, 0.3) is 0 Å². The molecule has 0 radical (unpaired) electrons. The van der Waals surface area contributed by atoms with E-state index in [0.29, 0.717) is 38.8 Å². The second-order valence-electron chi connectivity index (χ2n) is 6.88. The van der Waals surface area contributed by atoms with E-state index >= 15 is 0 Å². The molecule has 3 rings (SSSR count). The largest absolute Gasteiger partial charge is 0.481 e. The van der Waals surface area contributed by atoms with Gasteiger partial charge in [-0.15, -0.1) is 0 Å². The summed E-state index contributed by atoms with van der Waals surface area (Å²) in [6.07, 6.45) is 1.88. The Labute approximate surface area is 152 Å². The van der Waals surface area contributed by atoms with E-state index in [2.05, 4.69) is 0 Å². The molecule has 1 saturated heterocycles. The van der Waals surface area contributed by atoms with Gasteiger partial charge in [-0.2, -0.15) is 0 Å². The fraction of sp³-hybridized carbons (Fsp3) is 0.333. The van der Waals surface area contributed by atoms with Crippen LogP contribution in [0.5, 0.6) is 0 Å². The number of hydrogen-bond donors (Lipinski definition) is 1. The normalized spacial score (nSPS) is 22.7. The highest BCUT2D eigenvalue weighted by Crippen LogP contribution is 2.32. The van der Waals surface area contributed by atoms with E-state index in [1.165, 1.54) is 12.1 Å². The van der Waals surface area contributed by atoms with E-state index in [1.54, 1.807) is 12.1 Å². The van der Waals surface area contributed by atoms with Gasteiger partial charge in [0.1, 0.15) is 11.5 Å². The lowest BCUT2D eigenvalue weighted by Gasteiger charge is -2.40. The first kappa shape index (κ1) is 18.3. The van der Waals surface area contributed by atoms with E-state index in [1.807, 2.05) is 30.3 Å². The van der Waals surface area contributed by atoms with Gasteiger partial charge >= 0.3 is 11.9 Å². The third kappa shape index (κ3) is 3.83. The molecule has 0 atom stereocenters. The van der Waals surface area contributed by atoms with Crippen LogP contribution in [0.15, 0.2) is 54.6 Å². The van der Waals surface area contributed by atoms with Crippen molar-refractivity contribution in [2.24, 2.45) is 5.92 Å². The fourth-order valence-corrected chi connectivity index (χ4v) is 3.74. The first-order valence-corrected chi connectivity index (χ1v) is 8.94. The fourth-order valence-electron chi connectivity index (χ4n) is 3.74. The summed E-state index contributed by atoms with van der Waals surface area (Å²) >= 11 is 0. The number of piperidine rings is 1. The summed E-state index contributed by atoms with van der Waals surface area (Å²) in [5.74, 6) is -1.36. The number of aliphatic carboxylic acids is 1. The van der Waals surface area contributed by atoms with E-state index in [-0.39, 0.29) is 22.1 Å². The first-order valence-electron chi connectivity index (χ1n) is 8.94. The van der Waals surface area contributed by atoms with Crippen molar-refractivity contribution in [3.8, 4) is 0 Å². The molecule has 0 aromatic heterocycles. The summed E-state index contributed by atoms with van der Waals surface area (Å²) in [6, 6.07) is 15.8. The first-order chi connectivity index (χ1) is 12.5. The SMILES string of the molecule is O=C(O)C1CC[N+](C(=O)CCc2ccc(F)cc2)(c2ccccc2)CC1. The van der Waals surface area contributed by atoms with E-state index in [4.69, 9.17) is 0 Å². The second-order valence-corrected chi connectivity index (χ2v) is 6.88. The smallest absolute Gasteiger partial charge is 0.319 e. The molecule has 1 N–H and O–H groups in total. The van der Waals surface area contributed by atoms with Crippen molar-refractivity contribution in [1.29, 1.82) is 0 Å². The number of rotatable bonds is 5. The number of likely N-dealkylation sites (tertiary alicyclic amines) is 1. The van der Waals surface area contributed by atoms with Crippen molar-refractivity contribution >= 4 is 17.6 Å². The summed E-state index contributed by atoms with van der Waals surface area (Å²) < 4.78 is 13.2. The molecular weight excluding hydrogens is 333 g/mol. The van der Waals surface area contributed by atoms with Crippen LogP contribution in [0.3, 0.4) is 0 Å². The molecule has 0 bridgehead atoms. The third-order valence-electron chi connectivity index (χ3n) is 5.34. The quantitative estimate of drug-likeness (QED) is 0.830. The molecule has 1 aliphatic heterocycles. The lowest BCUT2D eigenvalue weighted by atomic mass is 9.93. The molecule has 1 amide bonds. The minimum absolute atomic E-state index is 0.0874. The van der Waals surface area contributed by atoms with Gasteiger partial charge < -0.3 is 5.11 Å². The highest BCUT2D eigenvalue weighted by atomic mass is 19.1. The number of aryl methyl sites for hydroxylation is 1. The highest BCUT2D eigenvalue weighted by molar-refractivity contribution is 5.89. The van der Waals surface area contributed by atoms with Crippen molar-refractivity contribution in [3.63, 3.8) is 0 Å². The topological polar surface area (TPSA) is 54.4 Å². The van der Waals surface area contributed by atoms with Gasteiger partial charge in [-0.1, -0.05) is 30.3 Å². The Morgan fingerprint density at radius 3 is 2.19 bits per heavy atom. The Morgan fingerprint density at radius 2 is 1.62 bits per heavy atom. The van der Waals surface area contributed by atoms with E-state index in [0.717, 1.165) is 11.3 Å². The Hall–Kier alpha value is -2.53. The number of hydrogen-bond acceptors (Lipinski definition) is 2. The molecular formula is C21H23FNO3+. The van der Waals surface area contributed by atoms with Crippen LogP contribution in [0.2, 0.25) is 0 Å². The van der Waals surface area contributed by atoms with Gasteiger partial charge in [0.2, 0.25) is 0 Å². The van der Waals surface area contributed by atoms with Crippen LogP contribution in [-0.4, -0.2) is 30.1 Å². The predicted molar refractivity (Wildman–Crippen MR) is 98.1 cm³/mol. The molecule has 1 heterocycles. The van der Waals surface area contributed by atoms with Gasteiger partial charge in [-0.3, -0.25) is 4.79 Å². The Bertz CT molecular complexity index is 766. The molecule has 0 spiro atoms. The van der Waals surface area contributed by atoms with Crippen LogP contribution in [0.25, 0.3) is 0 Å². The van der Waals surface area contributed by atoms with Crippen molar-refractivity contribution in [2.75, 3.05) is 13.1 Å². The van der Waals surface area contributed by atoms with Crippen LogP contribution in [0.4, 0.5) is 10.1 Å². The number of halogens is 1. The molecule has 2 aromatic carbocycles. The minimum atomic E-state index is -0.783. The highest BCUT2D eigenvalue weighted by Gasteiger charge is 2.43. The maximum Gasteiger partial charge on any atom is 0.319 e. The summed E-state index contributed by atoms with van der Waals surface area (Å²) in [4.78, 5) is 24.5. The van der Waals surface area contributed by atoms with Gasteiger partial charge in [0.15, 0.2) is 0 Å². The number of carboxylic acid groups (broad SMARTS) is 1. The number of benzene rings is 2. The average molecular weight is 356 g/mol. The van der Waals surface area contributed by atoms with Crippen LogP contribution < -0.4 is 4.48 Å². The number of quaternary nitrogens is 1. The predicted octanol–water partition coefficient (Wildman–Crippen LogP) is 3.79. The maximum absolute atomic E-state index is 13.2. The van der Waals surface area contributed by atoms with Crippen molar-refractivity contribution < 1.29 is 19.1 Å². The van der Waals surface area contributed by atoms with Crippen molar-refractivity contribution in [3.05, 3.63) is 66.0 Å². The van der Waals surface area contributed by atoms with Gasteiger partial charge in [0, 0.05) is 12.8 Å². The standard InChI is InChI=1S/C21H22FNO3/c22-18-9-6-16(7-10-18)8-11-20(24)23(19-4-2-1-3-5-19)14-12-17(13-15-23)21(25)26/h1-7,9-10,17H,8,11-15H2/p+1. The number of carbonyl (C=O) groups excluding carboxylic acids is 1. The molecule has 0 saturated carbocycles. The number of amides is 1. The zero-order valence-corrected chi connectivity index (χ0v) is 14.6. The summed E-state index contributed by atoms with van der Waals surface area (Å²) in [5, 5.41) is 9.27. The number of nitrogens with zero attached hydrogens (tertiary/aromatic N) is 1. The maximum atomic E-state index is 13.2. The average Bonchev–Trinajstić information content (AvgIpc) is 2.68. The molecule has 2 aromatic rings. The zero-order valence-electron chi connectivity index (χ0n) is 14.6.